The van der Waals surface area contributed by atoms with Gasteiger partial charge in [0, 0.05) is 19.4 Å². The number of thiocarbonyl (C=S) groups is 1. The summed E-state index contributed by atoms with van der Waals surface area (Å²) in [6.45, 7) is 3.69. The summed E-state index contributed by atoms with van der Waals surface area (Å²) in [6, 6.07) is 6.77. The minimum absolute atomic E-state index is 0.00911. The largest absolute Gasteiger partial charge is 0.367 e. The summed E-state index contributed by atoms with van der Waals surface area (Å²) in [4.78, 5) is 15.5. The molecule has 0 spiro atoms. The predicted octanol–water partition coefficient (Wildman–Crippen LogP) is 1.92. The molecule has 0 fully saturated rings. The second kappa shape index (κ2) is 9.01. The molecular formula is C18H24N4O3S2. The van der Waals surface area contributed by atoms with Gasteiger partial charge in [-0.2, -0.15) is 0 Å². The van der Waals surface area contributed by atoms with Crippen molar-refractivity contribution in [2.24, 2.45) is 0 Å². The summed E-state index contributed by atoms with van der Waals surface area (Å²) in [6.07, 6.45) is 4.49. The molecule has 7 nitrogen and oxygen atoms in total. The van der Waals surface area contributed by atoms with Gasteiger partial charge in [0.2, 0.25) is 5.91 Å². The summed E-state index contributed by atoms with van der Waals surface area (Å²) in [5.41, 5.74) is 2.19. The van der Waals surface area contributed by atoms with Crippen LogP contribution in [0.2, 0.25) is 0 Å². The van der Waals surface area contributed by atoms with Gasteiger partial charge in [0.15, 0.2) is 5.11 Å². The monoisotopic (exact) mass is 408 g/mol. The molecule has 0 radical (unpaired) electrons. The van der Waals surface area contributed by atoms with E-state index in [4.69, 9.17) is 12.2 Å². The number of aromatic amines is 1. The van der Waals surface area contributed by atoms with Gasteiger partial charge in [-0.25, -0.2) is 8.42 Å². The highest BCUT2D eigenvalue weighted by Gasteiger charge is 2.20. The molecular weight excluding hydrogens is 384 g/mol. The van der Waals surface area contributed by atoms with E-state index in [2.05, 4.69) is 20.3 Å². The highest BCUT2D eigenvalue weighted by molar-refractivity contribution is 7.91. The van der Waals surface area contributed by atoms with Gasteiger partial charge >= 0.3 is 0 Å². The lowest BCUT2D eigenvalue weighted by molar-refractivity contribution is -0.121. The van der Waals surface area contributed by atoms with Crippen molar-refractivity contribution in [2.75, 3.05) is 7.05 Å². The van der Waals surface area contributed by atoms with Crippen LogP contribution >= 0.6 is 12.2 Å². The van der Waals surface area contributed by atoms with E-state index < -0.39 is 10.0 Å². The molecule has 1 aromatic carbocycles. The van der Waals surface area contributed by atoms with Crippen LogP contribution in [0.15, 0.2) is 41.6 Å². The van der Waals surface area contributed by atoms with Crippen LogP contribution in [0, 0.1) is 6.92 Å². The lowest BCUT2D eigenvalue weighted by atomic mass is 10.1. The molecule has 1 heterocycles. The Morgan fingerprint density at radius 3 is 2.63 bits per heavy atom. The Bertz CT molecular complexity index is 909. The van der Waals surface area contributed by atoms with Gasteiger partial charge in [0.05, 0.1) is 17.4 Å². The highest BCUT2D eigenvalue weighted by Crippen LogP contribution is 2.19. The van der Waals surface area contributed by atoms with Crippen LogP contribution < -0.4 is 15.4 Å². The molecule has 0 aliphatic carbocycles. The Hall–Kier alpha value is -2.39. The summed E-state index contributed by atoms with van der Waals surface area (Å²) < 4.78 is 27.3. The Kier molecular flexibility index (Phi) is 6.98. The van der Waals surface area contributed by atoms with Crippen LogP contribution in [0.5, 0.6) is 0 Å². The Morgan fingerprint density at radius 2 is 2.04 bits per heavy atom. The van der Waals surface area contributed by atoms with Crippen molar-refractivity contribution in [3.05, 3.63) is 53.3 Å². The fourth-order valence-electron chi connectivity index (χ4n) is 2.68. The second-order valence-corrected chi connectivity index (χ2v) is 8.19. The fourth-order valence-corrected chi connectivity index (χ4v) is 4.26. The zero-order chi connectivity index (χ0) is 20.0. The van der Waals surface area contributed by atoms with E-state index in [1.807, 2.05) is 25.4 Å². The zero-order valence-electron chi connectivity index (χ0n) is 15.5. The highest BCUT2D eigenvalue weighted by atomic mass is 32.2. The third-order valence-corrected chi connectivity index (χ3v) is 6.06. The van der Waals surface area contributed by atoms with E-state index in [0.29, 0.717) is 11.1 Å². The molecule has 2 aromatic rings. The summed E-state index contributed by atoms with van der Waals surface area (Å²) in [5, 5.41) is 5.56. The maximum atomic E-state index is 12.5. The normalized spacial score (nSPS) is 12.3. The molecule has 0 bridgehead atoms. The second-order valence-electron chi connectivity index (χ2n) is 6.13. The van der Waals surface area contributed by atoms with Gasteiger partial charge in [-0.05, 0) is 54.4 Å². The van der Waals surface area contributed by atoms with Crippen LogP contribution in [0.25, 0.3) is 0 Å². The molecule has 2 rings (SSSR count). The predicted molar refractivity (Wildman–Crippen MR) is 109 cm³/mol. The standard InChI is InChI=1S/C18H24N4O3S2/c1-4-15(14-7-8-20-11-14)21-17(23)10-13-6-5-12(2)16(9-13)27(24,25)22-18(26)19-3/h5-9,11,15,20H,4,10H2,1-3H3,(H,21,23)(H2,19,22,26). The van der Waals surface area contributed by atoms with Crippen molar-refractivity contribution in [1.29, 1.82) is 0 Å². The topological polar surface area (TPSA) is 103 Å². The number of carbonyl (C=O) groups excluding carboxylic acids is 1. The van der Waals surface area contributed by atoms with Gasteiger partial charge < -0.3 is 15.6 Å². The molecule has 1 atom stereocenters. The van der Waals surface area contributed by atoms with E-state index >= 15 is 0 Å². The van der Waals surface area contributed by atoms with Crippen molar-refractivity contribution < 1.29 is 13.2 Å². The molecule has 1 unspecified atom stereocenters. The average Bonchev–Trinajstić information content (AvgIpc) is 3.15. The van der Waals surface area contributed by atoms with Crippen LogP contribution in [0.4, 0.5) is 0 Å². The molecule has 0 saturated heterocycles. The number of sulfonamides is 1. The number of hydrogen-bond acceptors (Lipinski definition) is 4. The van der Waals surface area contributed by atoms with E-state index in [0.717, 1.165) is 12.0 Å². The van der Waals surface area contributed by atoms with Gasteiger partial charge in [-0.3, -0.25) is 9.52 Å². The number of nitrogens with one attached hydrogen (secondary N) is 4. The quantitative estimate of drug-likeness (QED) is 0.524. The van der Waals surface area contributed by atoms with Crippen LogP contribution in [0.3, 0.4) is 0 Å². The van der Waals surface area contributed by atoms with E-state index in [9.17, 15) is 13.2 Å². The van der Waals surface area contributed by atoms with E-state index in [1.54, 1.807) is 19.1 Å². The minimum atomic E-state index is -3.81. The number of carbonyl (C=O) groups is 1. The Balaban J connectivity index is 2.15. The van der Waals surface area contributed by atoms with Gasteiger partial charge in [0.1, 0.15) is 0 Å². The molecule has 1 amide bonds. The number of hydrogen-bond donors (Lipinski definition) is 4. The third kappa shape index (κ3) is 5.54. The van der Waals surface area contributed by atoms with Crippen molar-refractivity contribution in [3.8, 4) is 0 Å². The molecule has 4 N–H and O–H groups in total. The van der Waals surface area contributed by atoms with Crippen molar-refractivity contribution in [1.82, 2.24) is 20.3 Å². The molecule has 146 valence electrons. The first kappa shape index (κ1) is 20.9. The van der Waals surface area contributed by atoms with E-state index in [-0.39, 0.29) is 28.4 Å². The molecule has 9 heteroatoms. The molecule has 0 aliphatic heterocycles. The smallest absolute Gasteiger partial charge is 0.263 e. The molecule has 27 heavy (non-hydrogen) atoms. The number of aromatic nitrogens is 1. The zero-order valence-corrected chi connectivity index (χ0v) is 17.1. The maximum Gasteiger partial charge on any atom is 0.263 e. The first-order valence-electron chi connectivity index (χ1n) is 8.53. The van der Waals surface area contributed by atoms with Gasteiger partial charge in [-0.15, -0.1) is 0 Å². The number of amides is 1. The maximum absolute atomic E-state index is 12.5. The van der Waals surface area contributed by atoms with Crippen molar-refractivity contribution in [3.63, 3.8) is 0 Å². The SMILES string of the molecule is CCC(NC(=O)Cc1ccc(C)c(S(=O)(=O)NC(=S)NC)c1)c1cc[nH]c1. The number of rotatable bonds is 7. The summed E-state index contributed by atoms with van der Waals surface area (Å²) in [7, 11) is -2.28. The molecule has 1 aromatic heterocycles. The number of benzene rings is 1. The van der Waals surface area contributed by atoms with Crippen molar-refractivity contribution in [2.45, 2.75) is 37.6 Å². The van der Waals surface area contributed by atoms with Crippen molar-refractivity contribution >= 4 is 33.3 Å². The lowest BCUT2D eigenvalue weighted by Crippen LogP contribution is -2.37. The first-order chi connectivity index (χ1) is 12.8. The molecule has 0 aliphatic rings. The number of aryl methyl sites for hydroxylation is 1. The summed E-state index contributed by atoms with van der Waals surface area (Å²) in [5.74, 6) is -0.172. The van der Waals surface area contributed by atoms with E-state index in [1.165, 1.54) is 13.1 Å². The third-order valence-electron chi connectivity index (χ3n) is 4.13. The summed E-state index contributed by atoms with van der Waals surface area (Å²) >= 11 is 4.88. The molecule has 0 saturated carbocycles. The first-order valence-corrected chi connectivity index (χ1v) is 10.4. The van der Waals surface area contributed by atoms with Crippen LogP contribution in [-0.2, 0) is 21.2 Å². The lowest BCUT2D eigenvalue weighted by Gasteiger charge is -2.16. The van der Waals surface area contributed by atoms with Crippen LogP contribution in [0.1, 0.15) is 36.1 Å². The minimum Gasteiger partial charge on any atom is -0.367 e. The average molecular weight is 409 g/mol. The number of H-pyrrole nitrogens is 1. The Morgan fingerprint density at radius 1 is 1.30 bits per heavy atom. The fraction of sp³-hybridized carbons (Fsp3) is 0.333. The Labute approximate surface area is 165 Å². The van der Waals surface area contributed by atoms with Gasteiger partial charge in [0.25, 0.3) is 10.0 Å². The van der Waals surface area contributed by atoms with Gasteiger partial charge in [-0.1, -0.05) is 19.1 Å². The van der Waals surface area contributed by atoms with Crippen LogP contribution in [-0.4, -0.2) is 31.5 Å².